The van der Waals surface area contributed by atoms with Crippen LogP contribution in [0, 0.1) is 0 Å². The zero-order valence-electron chi connectivity index (χ0n) is 11.9. The number of rotatable bonds is 2. The number of nitrogens with one attached hydrogen (secondary N) is 1. The summed E-state index contributed by atoms with van der Waals surface area (Å²) in [5.74, 6) is 0. The molecule has 0 aliphatic carbocycles. The molecule has 0 saturated carbocycles. The van der Waals surface area contributed by atoms with Crippen LogP contribution >= 0.6 is 24.0 Å². The second kappa shape index (κ2) is 6.52. The molecular formula is C12H17Cl2F3N4O. The third-order valence-corrected chi connectivity index (χ3v) is 4.48. The van der Waals surface area contributed by atoms with Crippen LogP contribution in [0.15, 0.2) is 0 Å². The lowest BCUT2D eigenvalue weighted by molar-refractivity contribution is -0.142. The molecule has 2 aliphatic heterocycles. The van der Waals surface area contributed by atoms with Crippen molar-refractivity contribution in [1.82, 2.24) is 20.0 Å². The van der Waals surface area contributed by atoms with Gasteiger partial charge in [-0.2, -0.15) is 18.3 Å². The molecule has 0 spiro atoms. The molecule has 2 saturated heterocycles. The molecule has 2 fully saturated rings. The lowest BCUT2D eigenvalue weighted by atomic mass is 10.1. The number of nitrogens with zero attached hydrogens (tertiary/aromatic N) is 3. The van der Waals surface area contributed by atoms with E-state index in [1.54, 1.807) is 0 Å². The van der Waals surface area contributed by atoms with Crippen molar-refractivity contribution < 1.29 is 17.9 Å². The Morgan fingerprint density at radius 3 is 2.82 bits per heavy atom. The monoisotopic (exact) mass is 360 g/mol. The molecule has 1 aromatic rings. The Bertz CT molecular complexity index is 537. The summed E-state index contributed by atoms with van der Waals surface area (Å²) in [7, 11) is 1.42. The van der Waals surface area contributed by atoms with E-state index in [0.717, 1.165) is 11.2 Å². The first-order valence-electron chi connectivity index (χ1n) is 6.73. The molecule has 3 heterocycles. The summed E-state index contributed by atoms with van der Waals surface area (Å²) < 4.78 is 45.9. The lowest BCUT2D eigenvalue weighted by Crippen LogP contribution is -2.50. The van der Waals surface area contributed by atoms with Crippen LogP contribution in [0.2, 0.25) is 5.15 Å². The maximum Gasteiger partial charge on any atom is 0.435 e. The molecule has 0 amide bonds. The fourth-order valence-electron chi connectivity index (χ4n) is 2.98. The molecule has 0 unspecified atom stereocenters. The average Bonchev–Trinajstić information content (AvgIpc) is 2.98. The van der Waals surface area contributed by atoms with Gasteiger partial charge in [0, 0.05) is 44.8 Å². The van der Waals surface area contributed by atoms with Gasteiger partial charge >= 0.3 is 6.18 Å². The van der Waals surface area contributed by atoms with Gasteiger partial charge in [0.25, 0.3) is 0 Å². The van der Waals surface area contributed by atoms with Crippen LogP contribution in [0.3, 0.4) is 0 Å². The molecule has 1 N–H and O–H groups in total. The number of hydrogen-bond donors (Lipinski definition) is 1. The van der Waals surface area contributed by atoms with Crippen LogP contribution in [0.1, 0.15) is 11.3 Å². The molecule has 1 aromatic heterocycles. The second-order valence-corrected chi connectivity index (χ2v) is 5.70. The van der Waals surface area contributed by atoms with Gasteiger partial charge in [-0.25, -0.2) is 0 Å². The Morgan fingerprint density at radius 2 is 2.14 bits per heavy atom. The highest BCUT2D eigenvalue weighted by molar-refractivity contribution is 6.30. The predicted octanol–water partition coefficient (Wildman–Crippen LogP) is 1.69. The minimum atomic E-state index is -4.50. The number of fused-ring (bicyclic) bond motifs is 1. The van der Waals surface area contributed by atoms with Gasteiger partial charge in [0.15, 0.2) is 5.69 Å². The SMILES string of the molecule is Cl.Cn1nc(C(F)(F)F)c(CN2CCO[C@H]3CNC[C@H]32)c1Cl. The summed E-state index contributed by atoms with van der Waals surface area (Å²) in [5, 5.41) is 6.76. The van der Waals surface area contributed by atoms with E-state index >= 15 is 0 Å². The van der Waals surface area contributed by atoms with Crippen LogP contribution in [0.25, 0.3) is 0 Å². The highest BCUT2D eigenvalue weighted by Gasteiger charge is 2.41. The predicted molar refractivity (Wildman–Crippen MR) is 77.3 cm³/mol. The van der Waals surface area contributed by atoms with Crippen molar-refractivity contribution in [2.45, 2.75) is 24.9 Å². The fourth-order valence-corrected chi connectivity index (χ4v) is 3.16. The van der Waals surface area contributed by atoms with E-state index in [2.05, 4.69) is 10.4 Å². The standard InChI is InChI=1S/C12H16ClF3N4O.ClH/c1-19-11(13)7(10(18-19)12(14,15)16)6-20-2-3-21-9-5-17-4-8(9)20;/h8-9,17H,2-6H2,1H3;1H/t8-,9+;/m1./s1. The van der Waals surface area contributed by atoms with E-state index in [1.807, 2.05) is 4.90 Å². The Labute approximate surface area is 137 Å². The minimum Gasteiger partial charge on any atom is -0.374 e. The topological polar surface area (TPSA) is 42.3 Å². The molecule has 2 aliphatic rings. The quantitative estimate of drug-likeness (QED) is 0.871. The van der Waals surface area contributed by atoms with Crippen LogP contribution in [-0.2, 0) is 24.5 Å². The van der Waals surface area contributed by atoms with Crippen molar-refractivity contribution in [3.05, 3.63) is 16.4 Å². The molecule has 126 valence electrons. The van der Waals surface area contributed by atoms with Gasteiger partial charge in [0.1, 0.15) is 5.15 Å². The van der Waals surface area contributed by atoms with E-state index in [-0.39, 0.29) is 41.8 Å². The Balaban J connectivity index is 0.00000176. The Kier molecular flexibility index (Phi) is 5.28. The fraction of sp³-hybridized carbons (Fsp3) is 0.750. The molecule has 3 rings (SSSR count). The van der Waals surface area contributed by atoms with E-state index < -0.39 is 11.9 Å². The van der Waals surface area contributed by atoms with Crippen molar-refractivity contribution in [3.63, 3.8) is 0 Å². The summed E-state index contributed by atoms with van der Waals surface area (Å²) in [5.41, 5.74) is -0.858. The highest BCUT2D eigenvalue weighted by atomic mass is 35.5. The van der Waals surface area contributed by atoms with Crippen LogP contribution in [0.5, 0.6) is 0 Å². The van der Waals surface area contributed by atoms with Crippen molar-refractivity contribution in [1.29, 1.82) is 0 Å². The number of hydrogen-bond acceptors (Lipinski definition) is 4. The largest absolute Gasteiger partial charge is 0.435 e. The van der Waals surface area contributed by atoms with Crippen LogP contribution < -0.4 is 5.32 Å². The molecular weight excluding hydrogens is 344 g/mol. The number of aromatic nitrogens is 2. The minimum absolute atomic E-state index is 0. The van der Waals surface area contributed by atoms with E-state index in [1.165, 1.54) is 7.05 Å². The molecule has 5 nitrogen and oxygen atoms in total. The molecule has 10 heteroatoms. The Morgan fingerprint density at radius 1 is 1.41 bits per heavy atom. The third-order valence-electron chi connectivity index (χ3n) is 4.01. The summed E-state index contributed by atoms with van der Waals surface area (Å²) >= 11 is 6.01. The van der Waals surface area contributed by atoms with E-state index in [4.69, 9.17) is 16.3 Å². The van der Waals surface area contributed by atoms with Gasteiger partial charge in [0.2, 0.25) is 0 Å². The van der Waals surface area contributed by atoms with Gasteiger partial charge in [-0.15, -0.1) is 12.4 Å². The van der Waals surface area contributed by atoms with Gasteiger partial charge < -0.3 is 10.1 Å². The number of morpholine rings is 1. The number of alkyl halides is 3. The lowest BCUT2D eigenvalue weighted by Gasteiger charge is -2.36. The zero-order valence-corrected chi connectivity index (χ0v) is 13.4. The van der Waals surface area contributed by atoms with E-state index in [9.17, 15) is 13.2 Å². The molecule has 22 heavy (non-hydrogen) atoms. The summed E-state index contributed by atoms with van der Waals surface area (Å²) in [6.07, 6.45) is -4.47. The van der Waals surface area contributed by atoms with Crippen molar-refractivity contribution in [2.24, 2.45) is 7.05 Å². The van der Waals surface area contributed by atoms with E-state index in [0.29, 0.717) is 19.7 Å². The van der Waals surface area contributed by atoms with Gasteiger partial charge in [-0.1, -0.05) is 11.6 Å². The first kappa shape index (κ1) is 17.8. The molecule has 0 aromatic carbocycles. The summed E-state index contributed by atoms with van der Waals surface area (Å²) in [6.45, 7) is 2.68. The summed E-state index contributed by atoms with van der Waals surface area (Å²) in [6, 6.07) is 0.0797. The zero-order chi connectivity index (χ0) is 15.2. The highest BCUT2D eigenvalue weighted by Crippen LogP contribution is 2.35. The first-order valence-corrected chi connectivity index (χ1v) is 7.10. The maximum atomic E-state index is 13.1. The normalized spacial score (nSPS) is 25.9. The van der Waals surface area contributed by atoms with Gasteiger partial charge in [-0.05, 0) is 0 Å². The molecule has 0 radical (unpaired) electrons. The first-order chi connectivity index (χ1) is 9.88. The van der Waals surface area contributed by atoms with Crippen molar-refractivity contribution in [3.8, 4) is 0 Å². The third kappa shape index (κ3) is 3.21. The van der Waals surface area contributed by atoms with Crippen molar-refractivity contribution >= 4 is 24.0 Å². The maximum absolute atomic E-state index is 13.1. The van der Waals surface area contributed by atoms with Crippen molar-refractivity contribution in [2.75, 3.05) is 26.2 Å². The molecule has 0 bridgehead atoms. The Hall–Kier alpha value is -0.540. The van der Waals surface area contributed by atoms with Gasteiger partial charge in [-0.3, -0.25) is 9.58 Å². The van der Waals surface area contributed by atoms with Crippen LogP contribution in [-0.4, -0.2) is 53.1 Å². The van der Waals surface area contributed by atoms with Crippen LogP contribution in [0.4, 0.5) is 13.2 Å². The number of ether oxygens (including phenoxy) is 1. The summed E-state index contributed by atoms with van der Waals surface area (Å²) in [4.78, 5) is 1.99. The molecule has 2 atom stereocenters. The average molecular weight is 361 g/mol. The number of aryl methyl sites for hydroxylation is 1. The van der Waals surface area contributed by atoms with Gasteiger partial charge in [0.05, 0.1) is 12.7 Å². The second-order valence-electron chi connectivity index (χ2n) is 5.34. The smallest absolute Gasteiger partial charge is 0.374 e. The number of halogens is 5.